The summed E-state index contributed by atoms with van der Waals surface area (Å²) in [6.07, 6.45) is 39.3. The van der Waals surface area contributed by atoms with E-state index in [9.17, 15) is 19.5 Å². The highest BCUT2D eigenvalue weighted by molar-refractivity contribution is 5.71. The molecule has 2 atom stereocenters. The fourth-order valence-electron chi connectivity index (χ4n) is 6.07. The van der Waals surface area contributed by atoms with E-state index in [0.29, 0.717) is 6.42 Å². The van der Waals surface area contributed by atoms with Gasteiger partial charge in [-0.15, -0.1) is 0 Å². The molecule has 0 bridgehead atoms. The van der Waals surface area contributed by atoms with E-state index in [1.54, 1.807) is 27.2 Å². The molecule has 0 N–H and O–H groups in total. The molecule has 0 aromatic carbocycles. The van der Waals surface area contributed by atoms with Crippen LogP contribution in [0.1, 0.15) is 174 Å². The molecule has 0 aromatic heterocycles. The average molecular weight is 734 g/mol. The highest BCUT2D eigenvalue weighted by Crippen LogP contribution is 2.15. The zero-order chi connectivity index (χ0) is 38.5. The van der Waals surface area contributed by atoms with Gasteiger partial charge in [0.1, 0.15) is 12.6 Å². The lowest BCUT2D eigenvalue weighted by Gasteiger charge is -2.34. The van der Waals surface area contributed by atoms with Gasteiger partial charge < -0.3 is 28.6 Å². The van der Waals surface area contributed by atoms with E-state index in [2.05, 4.69) is 38.2 Å². The summed E-state index contributed by atoms with van der Waals surface area (Å²) in [4.78, 5) is 36.6. The van der Waals surface area contributed by atoms with Crippen LogP contribution in [0.15, 0.2) is 36.5 Å². The molecule has 0 rings (SSSR count). The highest BCUT2D eigenvalue weighted by atomic mass is 16.6. The molecular formula is C44H79NO7. The fourth-order valence-corrected chi connectivity index (χ4v) is 6.07. The molecular weight excluding hydrogens is 654 g/mol. The Morgan fingerprint density at radius 1 is 0.596 bits per heavy atom. The number of rotatable bonds is 37. The molecule has 52 heavy (non-hydrogen) atoms. The smallest absolute Gasteiger partial charge is 0.309 e. The number of carboxylic acid groups (broad SMARTS) is 1. The summed E-state index contributed by atoms with van der Waals surface area (Å²) in [5.41, 5.74) is 0. The maximum atomic E-state index is 12.7. The van der Waals surface area contributed by atoms with E-state index < -0.39 is 24.1 Å². The summed E-state index contributed by atoms with van der Waals surface area (Å²) in [5, 5.41) is 11.6. The lowest BCUT2D eigenvalue weighted by molar-refractivity contribution is -0.889. The van der Waals surface area contributed by atoms with E-state index >= 15 is 0 Å². The van der Waals surface area contributed by atoms with Crippen LogP contribution in [0.2, 0.25) is 0 Å². The van der Waals surface area contributed by atoms with Gasteiger partial charge in [-0.05, 0) is 25.7 Å². The number of carbonyl (C=O) groups is 3. The molecule has 0 radical (unpaired) electrons. The van der Waals surface area contributed by atoms with Crippen LogP contribution in [0.25, 0.3) is 0 Å². The van der Waals surface area contributed by atoms with Gasteiger partial charge in [-0.3, -0.25) is 9.59 Å². The number of aliphatic carboxylic acids is 1. The second kappa shape index (κ2) is 35.6. The summed E-state index contributed by atoms with van der Waals surface area (Å²) < 4.78 is 17.0. The number of likely N-dealkylation sites (N-methyl/N-ethyl adjacent to an activating group) is 1. The number of esters is 2. The number of allylic oxidation sites excluding steroid dienone is 5. The Hall–Kier alpha value is -2.45. The number of nitrogens with zero attached hydrogens (tertiary/aromatic N) is 1. The maximum absolute atomic E-state index is 12.7. The maximum Gasteiger partial charge on any atom is 0.309 e. The number of unbranched alkanes of at least 4 members (excludes halogenated alkanes) is 18. The molecule has 8 heteroatoms. The van der Waals surface area contributed by atoms with Gasteiger partial charge in [0.15, 0.2) is 6.10 Å². The van der Waals surface area contributed by atoms with Crippen LogP contribution in [-0.2, 0) is 28.6 Å². The van der Waals surface area contributed by atoms with Crippen molar-refractivity contribution in [3.8, 4) is 0 Å². The Morgan fingerprint density at radius 2 is 1.06 bits per heavy atom. The topological polar surface area (TPSA) is 102 Å². The normalized spacial score (nSPS) is 13.3. The summed E-state index contributed by atoms with van der Waals surface area (Å²) in [7, 11) is 5.38. The van der Waals surface area contributed by atoms with Crippen molar-refractivity contribution in [2.24, 2.45) is 0 Å². The second-order valence-electron chi connectivity index (χ2n) is 15.2. The van der Waals surface area contributed by atoms with Crippen LogP contribution in [0.4, 0.5) is 0 Å². The number of hydrogen-bond acceptors (Lipinski definition) is 7. The number of carboxylic acids is 1. The Morgan fingerprint density at radius 3 is 1.52 bits per heavy atom. The van der Waals surface area contributed by atoms with Crippen LogP contribution in [0.3, 0.4) is 0 Å². The minimum atomic E-state index is -1.13. The molecule has 2 unspecified atom stereocenters. The third-order valence-electron chi connectivity index (χ3n) is 9.32. The first-order valence-corrected chi connectivity index (χ1v) is 21.0. The third-order valence-corrected chi connectivity index (χ3v) is 9.32. The van der Waals surface area contributed by atoms with E-state index in [-0.39, 0.29) is 43.1 Å². The van der Waals surface area contributed by atoms with Gasteiger partial charge in [-0.2, -0.15) is 0 Å². The Kier molecular flexibility index (Phi) is 33.9. The van der Waals surface area contributed by atoms with E-state index in [1.807, 2.05) is 6.08 Å². The number of carbonyl (C=O) groups excluding carboxylic acids is 3. The van der Waals surface area contributed by atoms with Crippen molar-refractivity contribution in [3.63, 3.8) is 0 Å². The summed E-state index contributed by atoms with van der Waals surface area (Å²) >= 11 is 0. The number of hydrogen-bond donors (Lipinski definition) is 0. The zero-order valence-electron chi connectivity index (χ0n) is 34.2. The van der Waals surface area contributed by atoms with Gasteiger partial charge in [-0.25, -0.2) is 0 Å². The molecule has 0 aromatic rings. The van der Waals surface area contributed by atoms with Crippen molar-refractivity contribution in [2.75, 3.05) is 41.0 Å². The predicted molar refractivity (Wildman–Crippen MR) is 213 cm³/mol. The zero-order valence-corrected chi connectivity index (χ0v) is 34.2. The molecule has 0 spiro atoms. The third kappa shape index (κ3) is 33.4. The van der Waals surface area contributed by atoms with Crippen LogP contribution in [0.5, 0.6) is 0 Å². The molecule has 0 aliphatic carbocycles. The average Bonchev–Trinajstić information content (AvgIpc) is 3.09. The monoisotopic (exact) mass is 734 g/mol. The Bertz CT molecular complexity index is 953. The van der Waals surface area contributed by atoms with Crippen molar-refractivity contribution >= 4 is 17.9 Å². The molecule has 0 aliphatic heterocycles. The van der Waals surface area contributed by atoms with Gasteiger partial charge in [0, 0.05) is 12.8 Å². The Labute approximate surface area is 319 Å². The molecule has 0 amide bonds. The molecule has 8 nitrogen and oxygen atoms in total. The lowest BCUT2D eigenvalue weighted by Crippen LogP contribution is -2.55. The quantitative estimate of drug-likeness (QED) is 0.0271. The lowest BCUT2D eigenvalue weighted by atomic mass is 10.0. The van der Waals surface area contributed by atoms with Gasteiger partial charge in [0.2, 0.25) is 0 Å². The summed E-state index contributed by atoms with van der Waals surface area (Å²) in [6.45, 7) is 4.44. The van der Waals surface area contributed by atoms with E-state index in [1.165, 1.54) is 103 Å². The van der Waals surface area contributed by atoms with E-state index in [4.69, 9.17) is 14.2 Å². The second-order valence-corrected chi connectivity index (χ2v) is 15.2. The SMILES string of the molecule is CC/C=C/C/C=C/C/C=C/CC(=O)OCC(COCCC(C(=O)[O-])[N+](C)(C)C)OC(=O)CCCCCCCCCCCCCCCCCCCCC. The molecule has 0 saturated carbocycles. The van der Waals surface area contributed by atoms with E-state index in [0.717, 1.165) is 38.5 Å². The van der Waals surface area contributed by atoms with Crippen molar-refractivity contribution in [1.82, 2.24) is 0 Å². The van der Waals surface area contributed by atoms with Crippen molar-refractivity contribution in [3.05, 3.63) is 36.5 Å². The standard InChI is InChI=1S/C44H79NO7/c1-6-8-10-12-14-16-17-18-19-20-21-22-23-24-25-27-29-31-33-35-43(47)52-40(38-50-37-36-41(44(48)49)45(3,4)5)39-51-42(46)34-32-30-28-26-15-13-11-9-7-2/h9,11,15,26,30,32,40-41H,6-8,10,12-14,16-25,27-29,31,33-39H2,1-5H3/b11-9+,26-15+,32-30+. The van der Waals surface area contributed by atoms with Gasteiger partial charge >= 0.3 is 11.9 Å². The first kappa shape index (κ1) is 49.6. The predicted octanol–water partition coefficient (Wildman–Crippen LogP) is 9.74. The van der Waals surface area contributed by atoms with Crippen molar-refractivity contribution in [2.45, 2.75) is 187 Å². The van der Waals surface area contributed by atoms with Crippen LogP contribution >= 0.6 is 0 Å². The fraction of sp³-hybridized carbons (Fsp3) is 0.795. The molecule has 0 heterocycles. The molecule has 302 valence electrons. The van der Waals surface area contributed by atoms with Gasteiger partial charge in [0.05, 0.1) is 46.7 Å². The number of quaternary nitrogens is 1. The van der Waals surface area contributed by atoms with Crippen molar-refractivity contribution < 1.29 is 38.2 Å². The molecule has 0 fully saturated rings. The summed E-state index contributed by atoms with van der Waals surface area (Å²) in [5.74, 6) is -1.88. The van der Waals surface area contributed by atoms with Gasteiger partial charge in [0.25, 0.3) is 0 Å². The number of ether oxygens (including phenoxy) is 3. The van der Waals surface area contributed by atoms with Crippen LogP contribution < -0.4 is 5.11 Å². The first-order valence-electron chi connectivity index (χ1n) is 21.0. The largest absolute Gasteiger partial charge is 0.544 e. The van der Waals surface area contributed by atoms with Crippen LogP contribution in [-0.4, -0.2) is 75.5 Å². The first-order chi connectivity index (χ1) is 25.1. The van der Waals surface area contributed by atoms with Crippen molar-refractivity contribution in [1.29, 1.82) is 0 Å². The Balaban J connectivity index is 4.31. The minimum Gasteiger partial charge on any atom is -0.544 e. The minimum absolute atomic E-state index is 0.0161. The summed E-state index contributed by atoms with van der Waals surface area (Å²) in [6, 6.07) is -0.734. The van der Waals surface area contributed by atoms with Gasteiger partial charge in [-0.1, -0.05) is 166 Å². The highest BCUT2D eigenvalue weighted by Gasteiger charge is 2.25. The molecule has 0 aliphatic rings. The molecule has 0 saturated heterocycles. The van der Waals surface area contributed by atoms with Crippen LogP contribution in [0, 0.1) is 0 Å².